The van der Waals surface area contributed by atoms with E-state index in [0.717, 1.165) is 17.7 Å². The molecule has 0 radical (unpaired) electrons. The predicted octanol–water partition coefficient (Wildman–Crippen LogP) is 4.54. The first-order valence-electron chi connectivity index (χ1n) is 7.45. The van der Waals surface area contributed by atoms with Crippen LogP contribution in [-0.2, 0) is 19.3 Å². The summed E-state index contributed by atoms with van der Waals surface area (Å²) in [4.78, 5) is 2.46. The minimum absolute atomic E-state index is 0.0913. The molecular formula is C17H19F2NS. The van der Waals surface area contributed by atoms with Crippen LogP contribution in [0, 0.1) is 11.6 Å². The van der Waals surface area contributed by atoms with Gasteiger partial charge in [-0.1, -0.05) is 12.5 Å². The molecule has 4 heteroatoms. The third-order valence-corrected chi connectivity index (χ3v) is 5.49. The molecule has 1 heterocycles. The van der Waals surface area contributed by atoms with Gasteiger partial charge >= 0.3 is 0 Å². The highest BCUT2D eigenvalue weighted by atomic mass is 32.1. The average molecular weight is 307 g/mol. The van der Waals surface area contributed by atoms with Gasteiger partial charge in [0.15, 0.2) is 0 Å². The van der Waals surface area contributed by atoms with E-state index in [0.29, 0.717) is 0 Å². The Balaban J connectivity index is 1.81. The van der Waals surface area contributed by atoms with Gasteiger partial charge in [0, 0.05) is 21.4 Å². The smallest absolute Gasteiger partial charge is 0.129 e. The summed E-state index contributed by atoms with van der Waals surface area (Å²) >= 11 is 1.72. The normalized spacial score (nSPS) is 16.3. The van der Waals surface area contributed by atoms with Crippen LogP contribution in [0.25, 0.3) is 0 Å². The molecule has 0 fully saturated rings. The van der Waals surface area contributed by atoms with Gasteiger partial charge in [0.2, 0.25) is 0 Å². The first kappa shape index (κ1) is 14.7. The van der Waals surface area contributed by atoms with E-state index in [1.807, 2.05) is 0 Å². The van der Waals surface area contributed by atoms with E-state index in [2.05, 4.69) is 6.07 Å². The van der Waals surface area contributed by atoms with Gasteiger partial charge in [0.05, 0.1) is 0 Å². The average Bonchev–Trinajstić information content (AvgIpc) is 2.74. The van der Waals surface area contributed by atoms with Crippen molar-refractivity contribution in [1.29, 1.82) is 0 Å². The summed E-state index contributed by atoms with van der Waals surface area (Å²) < 4.78 is 27.4. The maximum absolute atomic E-state index is 13.7. The van der Waals surface area contributed by atoms with Crippen molar-refractivity contribution >= 4 is 11.3 Å². The van der Waals surface area contributed by atoms with Gasteiger partial charge < -0.3 is 5.73 Å². The Bertz CT molecular complexity index is 592. The second-order valence-electron chi connectivity index (χ2n) is 5.67. The van der Waals surface area contributed by atoms with Gasteiger partial charge in [-0.15, -0.1) is 11.3 Å². The number of fused-ring (bicyclic) bond motifs is 1. The molecule has 1 aliphatic rings. The molecule has 2 N–H and O–H groups in total. The molecule has 0 bridgehead atoms. The molecule has 1 nitrogen and oxygen atoms in total. The van der Waals surface area contributed by atoms with Gasteiger partial charge in [-0.2, -0.15) is 0 Å². The van der Waals surface area contributed by atoms with E-state index in [-0.39, 0.29) is 18.0 Å². The molecule has 1 aliphatic carbocycles. The highest BCUT2D eigenvalue weighted by Crippen LogP contribution is 2.33. The Hall–Kier alpha value is -1.26. The third-order valence-electron chi connectivity index (χ3n) is 4.12. The van der Waals surface area contributed by atoms with Gasteiger partial charge in [-0.3, -0.25) is 0 Å². The number of rotatable bonds is 3. The van der Waals surface area contributed by atoms with Crippen molar-refractivity contribution < 1.29 is 8.78 Å². The fourth-order valence-corrected chi connectivity index (χ4v) is 4.18. The number of hydrogen-bond donors (Lipinski definition) is 1. The first-order valence-corrected chi connectivity index (χ1v) is 8.26. The minimum atomic E-state index is -0.511. The molecule has 1 atom stereocenters. The number of hydrogen-bond acceptors (Lipinski definition) is 2. The molecule has 0 saturated carbocycles. The number of benzene rings is 1. The number of thiophene rings is 1. The van der Waals surface area contributed by atoms with Crippen LogP contribution in [0.3, 0.4) is 0 Å². The number of nitrogens with two attached hydrogens (primary N) is 1. The summed E-state index contributed by atoms with van der Waals surface area (Å²) in [5.74, 6) is -1.02. The largest absolute Gasteiger partial charge is 0.323 e. The van der Waals surface area contributed by atoms with Crippen molar-refractivity contribution in [3.05, 3.63) is 56.8 Å². The maximum Gasteiger partial charge on any atom is 0.129 e. The van der Waals surface area contributed by atoms with Crippen LogP contribution in [0.2, 0.25) is 0 Å². The second-order valence-corrected chi connectivity index (χ2v) is 6.84. The van der Waals surface area contributed by atoms with E-state index < -0.39 is 11.6 Å². The summed E-state index contributed by atoms with van der Waals surface area (Å²) in [5, 5.41) is 0. The highest BCUT2D eigenvalue weighted by Gasteiger charge is 2.19. The van der Waals surface area contributed by atoms with Crippen LogP contribution < -0.4 is 5.73 Å². The summed E-state index contributed by atoms with van der Waals surface area (Å²) in [7, 11) is 0. The third kappa shape index (κ3) is 3.16. The quantitative estimate of drug-likeness (QED) is 0.828. The predicted molar refractivity (Wildman–Crippen MR) is 82.6 cm³/mol. The van der Waals surface area contributed by atoms with Gasteiger partial charge in [0.25, 0.3) is 0 Å². The lowest BCUT2D eigenvalue weighted by Crippen LogP contribution is -2.14. The van der Waals surface area contributed by atoms with Crippen molar-refractivity contribution in [2.75, 3.05) is 0 Å². The zero-order valence-corrected chi connectivity index (χ0v) is 12.7. The Morgan fingerprint density at radius 2 is 1.81 bits per heavy atom. The van der Waals surface area contributed by atoms with Crippen molar-refractivity contribution in [1.82, 2.24) is 0 Å². The molecule has 0 saturated heterocycles. The lowest BCUT2D eigenvalue weighted by molar-refractivity contribution is 0.541. The molecule has 1 aromatic heterocycles. The van der Waals surface area contributed by atoms with Crippen LogP contribution in [-0.4, -0.2) is 0 Å². The van der Waals surface area contributed by atoms with Crippen molar-refractivity contribution in [2.45, 2.75) is 44.6 Å². The topological polar surface area (TPSA) is 26.0 Å². The summed E-state index contributed by atoms with van der Waals surface area (Å²) in [5.41, 5.74) is 7.67. The monoisotopic (exact) mass is 307 g/mol. The molecule has 21 heavy (non-hydrogen) atoms. The SMILES string of the molecule is NC(Cc1c(F)cccc1F)c1cc2c(s1)CCCCC2. The lowest BCUT2D eigenvalue weighted by atomic mass is 10.0. The maximum atomic E-state index is 13.7. The molecule has 1 aromatic carbocycles. The van der Waals surface area contributed by atoms with Crippen LogP contribution in [0.5, 0.6) is 0 Å². The van der Waals surface area contributed by atoms with Gasteiger partial charge in [-0.05, 0) is 55.9 Å². The van der Waals surface area contributed by atoms with E-state index in [1.54, 1.807) is 11.3 Å². The molecule has 3 rings (SSSR count). The van der Waals surface area contributed by atoms with E-state index in [4.69, 9.17) is 5.73 Å². The summed E-state index contributed by atoms with van der Waals surface area (Å²) in [6.45, 7) is 0. The summed E-state index contributed by atoms with van der Waals surface area (Å²) in [6.07, 6.45) is 6.15. The molecule has 112 valence electrons. The Morgan fingerprint density at radius 1 is 1.10 bits per heavy atom. The second kappa shape index (κ2) is 6.24. The van der Waals surface area contributed by atoms with Gasteiger partial charge in [0.1, 0.15) is 11.6 Å². The molecule has 1 unspecified atom stereocenters. The Morgan fingerprint density at radius 3 is 2.57 bits per heavy atom. The van der Waals surface area contributed by atoms with Crippen molar-refractivity contribution in [2.24, 2.45) is 5.73 Å². The molecule has 0 amide bonds. The van der Waals surface area contributed by atoms with E-state index in [1.165, 1.54) is 47.9 Å². The standard InChI is InChI=1S/C17H19F2NS/c18-13-6-4-7-14(19)12(13)10-15(20)17-9-11-5-2-1-3-8-16(11)21-17/h4,6-7,9,15H,1-3,5,8,10,20H2. The molecule has 2 aromatic rings. The van der Waals surface area contributed by atoms with Gasteiger partial charge in [-0.25, -0.2) is 8.78 Å². The zero-order chi connectivity index (χ0) is 14.8. The van der Waals surface area contributed by atoms with Crippen molar-refractivity contribution in [3.8, 4) is 0 Å². The van der Waals surface area contributed by atoms with Crippen LogP contribution in [0.1, 0.15) is 46.2 Å². The van der Waals surface area contributed by atoms with Crippen LogP contribution in [0.4, 0.5) is 8.78 Å². The fourth-order valence-electron chi connectivity index (χ4n) is 2.92. The molecule has 0 aliphatic heterocycles. The van der Waals surface area contributed by atoms with Crippen LogP contribution >= 0.6 is 11.3 Å². The van der Waals surface area contributed by atoms with E-state index >= 15 is 0 Å². The highest BCUT2D eigenvalue weighted by molar-refractivity contribution is 7.12. The number of aryl methyl sites for hydroxylation is 2. The Labute approximate surface area is 127 Å². The number of halogens is 2. The zero-order valence-electron chi connectivity index (χ0n) is 11.9. The molecule has 0 spiro atoms. The summed E-state index contributed by atoms with van der Waals surface area (Å²) in [6, 6.07) is 5.76. The Kier molecular flexibility index (Phi) is 4.36. The minimum Gasteiger partial charge on any atom is -0.323 e. The van der Waals surface area contributed by atoms with E-state index in [9.17, 15) is 8.78 Å². The van der Waals surface area contributed by atoms with Crippen molar-refractivity contribution in [3.63, 3.8) is 0 Å². The van der Waals surface area contributed by atoms with Crippen LogP contribution in [0.15, 0.2) is 24.3 Å². The fraction of sp³-hybridized carbons (Fsp3) is 0.412. The lowest BCUT2D eigenvalue weighted by Gasteiger charge is -2.11. The first-order chi connectivity index (χ1) is 10.1. The molecular weight excluding hydrogens is 288 g/mol.